The molecule has 1 saturated heterocycles. The molecule has 1 aromatic carbocycles. The highest BCUT2D eigenvalue weighted by molar-refractivity contribution is 5.93. The molecule has 0 spiro atoms. The molecule has 3 rings (SSSR count). The molecule has 110 valence electrons. The number of rotatable bonds is 4. The molecule has 5 heteroatoms. The van der Waals surface area contributed by atoms with Crippen LogP contribution in [-0.2, 0) is 16.1 Å². The third-order valence-electron chi connectivity index (χ3n) is 3.74. The normalized spacial score (nSPS) is 21.5. The number of carbonyl (C=O) groups excluding carboxylic acids is 1. The average molecular weight is 286 g/mol. The van der Waals surface area contributed by atoms with Gasteiger partial charge in [0.15, 0.2) is 0 Å². The molecule has 2 aliphatic heterocycles. The standard InChI is InChI=1S/C16H19N3O2/c1-2-21-16(20)14-11-19-9-8-18(12-15(19)17-14)10-13-6-4-3-5-7-13/h3-7,11H,2,8-10,12H2,1H3/p+1. The van der Waals surface area contributed by atoms with Crippen molar-refractivity contribution < 1.29 is 14.4 Å². The van der Waals surface area contributed by atoms with E-state index >= 15 is 0 Å². The lowest BCUT2D eigenvalue weighted by Crippen LogP contribution is -3.12. The molecule has 0 aromatic heterocycles. The van der Waals surface area contributed by atoms with E-state index in [4.69, 9.17) is 4.74 Å². The highest BCUT2D eigenvalue weighted by Gasteiger charge is 2.33. The molecule has 0 aliphatic carbocycles. The number of benzene rings is 1. The lowest BCUT2D eigenvalue weighted by atomic mass is 10.2. The largest absolute Gasteiger partial charge is 0.461 e. The molecular weight excluding hydrogens is 266 g/mol. The predicted molar refractivity (Wildman–Crippen MR) is 79.7 cm³/mol. The van der Waals surface area contributed by atoms with Crippen LogP contribution in [0.3, 0.4) is 0 Å². The maximum Gasteiger partial charge on any atom is 0.362 e. The highest BCUT2D eigenvalue weighted by atomic mass is 16.5. The van der Waals surface area contributed by atoms with Crippen LogP contribution in [0, 0.1) is 0 Å². The molecule has 1 aromatic rings. The van der Waals surface area contributed by atoms with Crippen molar-refractivity contribution in [2.45, 2.75) is 13.5 Å². The molecule has 0 saturated carbocycles. The van der Waals surface area contributed by atoms with Crippen molar-refractivity contribution >= 4 is 11.8 Å². The van der Waals surface area contributed by atoms with Gasteiger partial charge in [-0.2, -0.15) is 4.99 Å². The first-order valence-electron chi connectivity index (χ1n) is 7.35. The molecule has 1 N–H and O–H groups in total. The third kappa shape index (κ3) is 3.20. The van der Waals surface area contributed by atoms with E-state index in [-0.39, 0.29) is 5.97 Å². The summed E-state index contributed by atoms with van der Waals surface area (Å²) >= 11 is 0. The van der Waals surface area contributed by atoms with Gasteiger partial charge in [0.1, 0.15) is 6.20 Å². The van der Waals surface area contributed by atoms with Gasteiger partial charge in [-0.3, -0.25) is 9.80 Å². The molecule has 0 radical (unpaired) electrons. The molecule has 0 bridgehead atoms. The predicted octanol–water partition coefficient (Wildman–Crippen LogP) is 0.204. The van der Waals surface area contributed by atoms with Crippen LogP contribution in [0.25, 0.3) is 0 Å². The van der Waals surface area contributed by atoms with Crippen molar-refractivity contribution in [2.24, 2.45) is 4.99 Å². The summed E-state index contributed by atoms with van der Waals surface area (Å²) in [5.74, 6) is 0.696. The first-order valence-corrected chi connectivity index (χ1v) is 7.35. The van der Waals surface area contributed by atoms with Crippen molar-refractivity contribution in [1.29, 1.82) is 0 Å². The Morgan fingerprint density at radius 2 is 2.19 bits per heavy atom. The van der Waals surface area contributed by atoms with E-state index in [0.29, 0.717) is 12.3 Å². The summed E-state index contributed by atoms with van der Waals surface area (Å²) in [6, 6.07) is 10.4. The van der Waals surface area contributed by atoms with Gasteiger partial charge in [-0.1, -0.05) is 30.3 Å². The minimum absolute atomic E-state index is 0.318. The van der Waals surface area contributed by atoms with Crippen LogP contribution < -0.4 is 4.90 Å². The number of fused-ring (bicyclic) bond motifs is 1. The van der Waals surface area contributed by atoms with Gasteiger partial charge < -0.3 is 4.74 Å². The number of esters is 1. The SMILES string of the molecule is CCOC(=O)C1=C[NH+]2CCN(Cc3ccccc3)CC2=N1. The molecule has 21 heavy (non-hydrogen) atoms. The summed E-state index contributed by atoms with van der Waals surface area (Å²) in [6.45, 7) is 5.84. The maximum atomic E-state index is 11.7. The summed E-state index contributed by atoms with van der Waals surface area (Å²) in [7, 11) is 0. The van der Waals surface area contributed by atoms with E-state index in [9.17, 15) is 4.79 Å². The van der Waals surface area contributed by atoms with E-state index in [1.54, 1.807) is 0 Å². The van der Waals surface area contributed by atoms with Gasteiger partial charge in [-0.25, -0.2) is 4.79 Å². The fourth-order valence-corrected chi connectivity index (χ4v) is 2.71. The Hall–Kier alpha value is -1.98. The van der Waals surface area contributed by atoms with Gasteiger partial charge in [0.05, 0.1) is 19.7 Å². The lowest BCUT2D eigenvalue weighted by molar-refractivity contribution is -0.750. The van der Waals surface area contributed by atoms with Crippen molar-refractivity contribution in [1.82, 2.24) is 4.90 Å². The van der Waals surface area contributed by atoms with Crippen LogP contribution in [-0.4, -0.2) is 42.9 Å². The topological polar surface area (TPSA) is 46.3 Å². The van der Waals surface area contributed by atoms with E-state index in [2.05, 4.69) is 34.2 Å². The van der Waals surface area contributed by atoms with Crippen LogP contribution >= 0.6 is 0 Å². The zero-order valence-electron chi connectivity index (χ0n) is 12.2. The smallest absolute Gasteiger partial charge is 0.362 e. The second-order valence-electron chi connectivity index (χ2n) is 5.28. The fourth-order valence-electron chi connectivity index (χ4n) is 2.71. The molecule has 1 atom stereocenters. The number of aliphatic imine (C=N–C) groups is 1. The molecule has 5 nitrogen and oxygen atoms in total. The van der Waals surface area contributed by atoms with Crippen molar-refractivity contribution in [2.75, 3.05) is 26.2 Å². The number of nitrogens with zero attached hydrogens (tertiary/aromatic N) is 2. The second kappa shape index (κ2) is 6.20. The van der Waals surface area contributed by atoms with Crippen LogP contribution in [0.1, 0.15) is 12.5 Å². The monoisotopic (exact) mass is 286 g/mol. The van der Waals surface area contributed by atoms with Gasteiger partial charge in [0.2, 0.25) is 11.5 Å². The van der Waals surface area contributed by atoms with Gasteiger partial charge >= 0.3 is 5.97 Å². The van der Waals surface area contributed by atoms with E-state index in [1.807, 2.05) is 19.2 Å². The summed E-state index contributed by atoms with van der Waals surface area (Å²) in [4.78, 5) is 19.7. The van der Waals surface area contributed by atoms with Crippen molar-refractivity contribution in [3.05, 3.63) is 47.8 Å². The van der Waals surface area contributed by atoms with Gasteiger partial charge in [0.25, 0.3) is 0 Å². The van der Waals surface area contributed by atoms with Crippen molar-refractivity contribution in [3.8, 4) is 0 Å². The third-order valence-corrected chi connectivity index (χ3v) is 3.74. The number of hydrogen-bond donors (Lipinski definition) is 1. The number of carbonyl (C=O) groups is 1. The van der Waals surface area contributed by atoms with Gasteiger partial charge in [-0.05, 0) is 12.5 Å². The number of hydrogen-bond acceptors (Lipinski definition) is 4. The second-order valence-corrected chi connectivity index (χ2v) is 5.28. The Kier molecular flexibility index (Phi) is 4.13. The number of nitrogens with one attached hydrogen (secondary N) is 1. The minimum Gasteiger partial charge on any atom is -0.461 e. The average Bonchev–Trinajstić information content (AvgIpc) is 2.92. The van der Waals surface area contributed by atoms with E-state index in [0.717, 1.165) is 32.0 Å². The minimum atomic E-state index is -0.318. The zero-order valence-corrected chi connectivity index (χ0v) is 12.2. The lowest BCUT2D eigenvalue weighted by Gasteiger charge is -2.28. The Balaban J connectivity index is 1.64. The van der Waals surface area contributed by atoms with Crippen LogP contribution in [0.4, 0.5) is 0 Å². The number of quaternary nitrogens is 1. The van der Waals surface area contributed by atoms with Crippen LogP contribution in [0.15, 0.2) is 47.2 Å². The van der Waals surface area contributed by atoms with Crippen LogP contribution in [0.5, 0.6) is 0 Å². The van der Waals surface area contributed by atoms with Gasteiger partial charge in [0, 0.05) is 13.1 Å². The summed E-state index contributed by atoms with van der Waals surface area (Å²) < 4.78 is 5.01. The Labute approximate surface area is 124 Å². The van der Waals surface area contributed by atoms with E-state index < -0.39 is 0 Å². The fraction of sp³-hybridized carbons (Fsp3) is 0.375. The molecule has 2 aliphatic rings. The summed E-state index contributed by atoms with van der Waals surface area (Å²) in [5, 5.41) is 0. The number of piperazine rings is 1. The Morgan fingerprint density at radius 1 is 1.38 bits per heavy atom. The summed E-state index contributed by atoms with van der Waals surface area (Å²) in [6.07, 6.45) is 1.88. The van der Waals surface area contributed by atoms with Crippen molar-refractivity contribution in [3.63, 3.8) is 0 Å². The first kappa shape index (κ1) is 14.0. The Bertz CT molecular complexity index is 580. The number of ether oxygens (including phenoxy) is 1. The Morgan fingerprint density at radius 3 is 2.95 bits per heavy atom. The summed E-state index contributed by atoms with van der Waals surface area (Å²) in [5.41, 5.74) is 1.75. The molecular formula is C16H20N3O2+. The van der Waals surface area contributed by atoms with Gasteiger partial charge in [-0.15, -0.1) is 0 Å². The number of amidine groups is 1. The molecule has 2 heterocycles. The molecule has 1 unspecified atom stereocenters. The first-order chi connectivity index (χ1) is 10.3. The zero-order chi connectivity index (χ0) is 14.7. The molecule has 0 amide bonds. The quantitative estimate of drug-likeness (QED) is 0.805. The van der Waals surface area contributed by atoms with Crippen LogP contribution in [0.2, 0.25) is 0 Å². The maximum absolute atomic E-state index is 11.7. The molecule has 1 fully saturated rings. The highest BCUT2D eigenvalue weighted by Crippen LogP contribution is 2.08. The van der Waals surface area contributed by atoms with E-state index in [1.165, 1.54) is 10.5 Å².